The van der Waals surface area contributed by atoms with Crippen LogP contribution in [0.5, 0.6) is 0 Å². The lowest BCUT2D eigenvalue weighted by atomic mass is 10.0. The molecule has 14 heavy (non-hydrogen) atoms. The molecule has 0 unspecified atom stereocenters. The average Bonchev–Trinajstić information content (AvgIpc) is 2.07. The van der Waals surface area contributed by atoms with E-state index in [9.17, 15) is 9.18 Å². The van der Waals surface area contributed by atoms with Gasteiger partial charge in [0, 0.05) is 0 Å². The van der Waals surface area contributed by atoms with Crippen LogP contribution in [-0.2, 0) is 6.42 Å². The Hall–Kier alpha value is -1.38. The van der Waals surface area contributed by atoms with E-state index in [0.717, 1.165) is 0 Å². The number of hydrogen-bond donors (Lipinski definition) is 1. The monoisotopic (exact) mass is 196 g/mol. The highest BCUT2D eigenvalue weighted by Crippen LogP contribution is 2.14. The van der Waals surface area contributed by atoms with Crippen LogP contribution >= 0.6 is 0 Å². The zero-order chi connectivity index (χ0) is 10.7. The van der Waals surface area contributed by atoms with Crippen LogP contribution in [0.2, 0.25) is 0 Å². The van der Waals surface area contributed by atoms with E-state index in [-0.39, 0.29) is 11.4 Å². The molecule has 0 radical (unpaired) electrons. The first-order valence-electron chi connectivity index (χ1n) is 4.52. The first-order valence-corrected chi connectivity index (χ1v) is 4.52. The van der Waals surface area contributed by atoms with Gasteiger partial charge in [-0.15, -0.1) is 0 Å². The van der Waals surface area contributed by atoms with Gasteiger partial charge in [-0.25, -0.2) is 9.18 Å². The van der Waals surface area contributed by atoms with E-state index < -0.39 is 5.97 Å². The highest BCUT2D eigenvalue weighted by atomic mass is 19.1. The fraction of sp³-hybridized carbons (Fsp3) is 0.364. The van der Waals surface area contributed by atoms with Crippen LogP contribution in [0, 0.1) is 11.7 Å². The van der Waals surface area contributed by atoms with Crippen molar-refractivity contribution >= 4 is 5.97 Å². The zero-order valence-electron chi connectivity index (χ0n) is 8.25. The molecule has 2 nitrogen and oxygen atoms in total. The van der Waals surface area contributed by atoms with Crippen LogP contribution in [0.1, 0.15) is 29.8 Å². The Labute approximate surface area is 82.4 Å². The minimum absolute atomic E-state index is 0.141. The standard InChI is InChI=1S/C11H13FO2/c1-7(2)5-9-6-8(11(13)14)3-4-10(9)12/h3-4,6-7H,5H2,1-2H3,(H,13,14). The van der Waals surface area contributed by atoms with Gasteiger partial charge in [0.25, 0.3) is 0 Å². The molecule has 0 fully saturated rings. The number of hydrogen-bond acceptors (Lipinski definition) is 1. The lowest BCUT2D eigenvalue weighted by Gasteiger charge is -2.06. The molecule has 1 N–H and O–H groups in total. The van der Waals surface area contributed by atoms with E-state index in [0.29, 0.717) is 17.9 Å². The third-order valence-electron chi connectivity index (χ3n) is 1.92. The van der Waals surface area contributed by atoms with E-state index in [2.05, 4.69) is 0 Å². The van der Waals surface area contributed by atoms with Gasteiger partial charge < -0.3 is 5.11 Å². The summed E-state index contributed by atoms with van der Waals surface area (Å²) in [4.78, 5) is 10.6. The van der Waals surface area contributed by atoms with Gasteiger partial charge in [0.15, 0.2) is 0 Å². The molecule has 0 atom stereocenters. The van der Waals surface area contributed by atoms with Gasteiger partial charge in [0.1, 0.15) is 5.82 Å². The van der Waals surface area contributed by atoms with Crippen molar-refractivity contribution in [3.05, 3.63) is 35.1 Å². The summed E-state index contributed by atoms with van der Waals surface area (Å²) in [5.41, 5.74) is 0.613. The van der Waals surface area contributed by atoms with Gasteiger partial charge in [-0.1, -0.05) is 13.8 Å². The van der Waals surface area contributed by atoms with Crippen LogP contribution in [0.3, 0.4) is 0 Å². The molecule has 0 saturated heterocycles. The Morgan fingerprint density at radius 2 is 2.14 bits per heavy atom. The summed E-state index contributed by atoms with van der Waals surface area (Å²) in [5, 5.41) is 8.71. The molecule has 0 amide bonds. The summed E-state index contributed by atoms with van der Waals surface area (Å²) in [6, 6.07) is 3.89. The molecule has 0 heterocycles. The Balaban J connectivity index is 3.02. The molecule has 1 rings (SSSR count). The van der Waals surface area contributed by atoms with Gasteiger partial charge in [-0.05, 0) is 36.1 Å². The van der Waals surface area contributed by atoms with E-state index in [1.807, 2.05) is 13.8 Å². The highest BCUT2D eigenvalue weighted by molar-refractivity contribution is 5.87. The van der Waals surface area contributed by atoms with Crippen LogP contribution in [0.4, 0.5) is 4.39 Å². The number of halogens is 1. The van der Waals surface area contributed by atoms with E-state index in [4.69, 9.17) is 5.11 Å². The Kier molecular flexibility index (Phi) is 3.23. The second-order valence-electron chi connectivity index (χ2n) is 3.71. The lowest BCUT2D eigenvalue weighted by Crippen LogP contribution is -2.02. The van der Waals surface area contributed by atoms with E-state index >= 15 is 0 Å². The van der Waals surface area contributed by atoms with Crippen molar-refractivity contribution in [3.63, 3.8) is 0 Å². The quantitative estimate of drug-likeness (QED) is 0.807. The maximum absolute atomic E-state index is 13.2. The highest BCUT2D eigenvalue weighted by Gasteiger charge is 2.09. The first kappa shape index (κ1) is 10.7. The van der Waals surface area contributed by atoms with Crippen molar-refractivity contribution in [2.75, 3.05) is 0 Å². The van der Waals surface area contributed by atoms with Gasteiger partial charge in [-0.2, -0.15) is 0 Å². The largest absolute Gasteiger partial charge is 0.478 e. The van der Waals surface area contributed by atoms with Crippen molar-refractivity contribution in [1.82, 2.24) is 0 Å². The molecule has 0 aromatic heterocycles. The number of benzene rings is 1. The second kappa shape index (κ2) is 4.22. The van der Waals surface area contributed by atoms with Crippen LogP contribution in [0.15, 0.2) is 18.2 Å². The second-order valence-corrected chi connectivity index (χ2v) is 3.71. The van der Waals surface area contributed by atoms with Crippen molar-refractivity contribution in [2.24, 2.45) is 5.92 Å². The summed E-state index contributed by atoms with van der Waals surface area (Å²) >= 11 is 0. The number of aromatic carboxylic acids is 1. The van der Waals surface area contributed by atoms with Crippen molar-refractivity contribution in [2.45, 2.75) is 20.3 Å². The minimum atomic E-state index is -1.02. The summed E-state index contributed by atoms with van der Waals surface area (Å²) in [6.45, 7) is 3.93. The normalized spacial score (nSPS) is 10.6. The Morgan fingerprint density at radius 3 is 2.64 bits per heavy atom. The summed E-state index contributed by atoms with van der Waals surface area (Å²) in [7, 11) is 0. The van der Waals surface area contributed by atoms with Gasteiger partial charge in [0.2, 0.25) is 0 Å². The van der Waals surface area contributed by atoms with Crippen LogP contribution in [-0.4, -0.2) is 11.1 Å². The van der Waals surface area contributed by atoms with Crippen LogP contribution in [0.25, 0.3) is 0 Å². The molecule has 0 aliphatic rings. The molecule has 1 aromatic carbocycles. The number of carboxylic acids is 1. The van der Waals surface area contributed by atoms with Crippen molar-refractivity contribution in [1.29, 1.82) is 0 Å². The molecular weight excluding hydrogens is 183 g/mol. The number of carboxylic acid groups (broad SMARTS) is 1. The Bertz CT molecular complexity index is 345. The zero-order valence-corrected chi connectivity index (χ0v) is 8.25. The number of rotatable bonds is 3. The summed E-state index contributed by atoms with van der Waals surface area (Å²) in [6.07, 6.45) is 0.562. The lowest BCUT2D eigenvalue weighted by molar-refractivity contribution is 0.0696. The van der Waals surface area contributed by atoms with E-state index in [1.54, 1.807) is 0 Å². The molecule has 1 aromatic rings. The average molecular weight is 196 g/mol. The summed E-state index contributed by atoms with van der Waals surface area (Å²) < 4.78 is 13.2. The third-order valence-corrected chi connectivity index (χ3v) is 1.92. The SMILES string of the molecule is CC(C)Cc1cc(C(=O)O)ccc1F. The van der Waals surface area contributed by atoms with Gasteiger partial charge in [-0.3, -0.25) is 0 Å². The smallest absolute Gasteiger partial charge is 0.335 e. The molecular formula is C11H13FO2. The number of carbonyl (C=O) groups is 1. The molecule has 76 valence electrons. The molecule has 0 aliphatic carbocycles. The molecule has 0 aliphatic heterocycles. The van der Waals surface area contributed by atoms with Crippen LogP contribution < -0.4 is 0 Å². The predicted octanol–water partition coefficient (Wildman–Crippen LogP) is 2.72. The molecule has 0 bridgehead atoms. The topological polar surface area (TPSA) is 37.3 Å². The maximum atomic E-state index is 13.2. The predicted molar refractivity (Wildman–Crippen MR) is 51.9 cm³/mol. The fourth-order valence-electron chi connectivity index (χ4n) is 1.30. The van der Waals surface area contributed by atoms with Gasteiger partial charge >= 0.3 is 5.97 Å². The first-order chi connectivity index (χ1) is 6.50. The fourth-order valence-corrected chi connectivity index (χ4v) is 1.30. The van der Waals surface area contributed by atoms with Gasteiger partial charge in [0.05, 0.1) is 5.56 Å². The minimum Gasteiger partial charge on any atom is -0.478 e. The molecule has 0 spiro atoms. The van der Waals surface area contributed by atoms with E-state index in [1.165, 1.54) is 18.2 Å². The molecule has 3 heteroatoms. The summed E-state index contributed by atoms with van der Waals surface area (Å²) in [5.74, 6) is -1.03. The van der Waals surface area contributed by atoms with Crippen molar-refractivity contribution in [3.8, 4) is 0 Å². The maximum Gasteiger partial charge on any atom is 0.335 e. The molecule has 0 saturated carbocycles. The third kappa shape index (κ3) is 2.55. The Morgan fingerprint density at radius 1 is 1.50 bits per heavy atom. The van der Waals surface area contributed by atoms with Crippen molar-refractivity contribution < 1.29 is 14.3 Å².